The fraction of sp³-hybridized carbons (Fsp3) is 0.533. The Hall–Kier alpha value is -0.920. The summed E-state index contributed by atoms with van der Waals surface area (Å²) in [5.74, 6) is -0.283. The summed E-state index contributed by atoms with van der Waals surface area (Å²) >= 11 is 0. The lowest BCUT2D eigenvalue weighted by molar-refractivity contribution is -0.135. The number of methoxy groups -OCH3 is 1. The van der Waals surface area contributed by atoms with E-state index in [9.17, 15) is 9.18 Å². The summed E-state index contributed by atoms with van der Waals surface area (Å²) in [7, 11) is 1.53. The highest BCUT2D eigenvalue weighted by molar-refractivity contribution is 5.85. The number of benzene rings is 1. The molecule has 1 fully saturated rings. The summed E-state index contributed by atoms with van der Waals surface area (Å²) in [6.07, 6.45) is 0. The van der Waals surface area contributed by atoms with Crippen LogP contribution in [0.15, 0.2) is 24.3 Å². The molecule has 0 unspecified atom stereocenters. The minimum absolute atomic E-state index is 0. The second kappa shape index (κ2) is 10.8. The normalized spacial score (nSPS) is 16.2. The van der Waals surface area contributed by atoms with Gasteiger partial charge in [0, 0.05) is 39.8 Å². The fourth-order valence-electron chi connectivity index (χ4n) is 2.51. The van der Waals surface area contributed by atoms with Crippen LogP contribution in [0.25, 0.3) is 0 Å². The Labute approximate surface area is 148 Å². The summed E-state index contributed by atoms with van der Waals surface area (Å²) in [5.41, 5.74) is 6.71. The Balaban J connectivity index is 0.00000242. The zero-order valence-corrected chi connectivity index (χ0v) is 14.7. The van der Waals surface area contributed by atoms with Gasteiger partial charge in [-0.3, -0.25) is 9.69 Å². The monoisotopic (exact) mass is 367 g/mol. The van der Waals surface area contributed by atoms with Gasteiger partial charge in [0.2, 0.25) is 5.91 Å². The van der Waals surface area contributed by atoms with E-state index in [-0.39, 0.29) is 43.1 Å². The van der Waals surface area contributed by atoms with Crippen molar-refractivity contribution in [3.8, 4) is 0 Å². The van der Waals surface area contributed by atoms with Crippen molar-refractivity contribution < 1.29 is 13.9 Å². The van der Waals surface area contributed by atoms with Gasteiger partial charge >= 0.3 is 0 Å². The minimum atomic E-state index is -0.593. The van der Waals surface area contributed by atoms with Crippen LogP contribution in [0.4, 0.5) is 4.39 Å². The fourth-order valence-corrected chi connectivity index (χ4v) is 2.51. The molecule has 0 radical (unpaired) electrons. The highest BCUT2D eigenvalue weighted by Gasteiger charge is 2.25. The van der Waals surface area contributed by atoms with E-state index in [1.165, 1.54) is 13.2 Å². The van der Waals surface area contributed by atoms with E-state index in [1.807, 2.05) is 6.07 Å². The molecular formula is C15H24Cl2FN3O2. The van der Waals surface area contributed by atoms with Crippen LogP contribution in [0.3, 0.4) is 0 Å². The van der Waals surface area contributed by atoms with Gasteiger partial charge in [0.15, 0.2) is 0 Å². The van der Waals surface area contributed by atoms with E-state index in [2.05, 4.69) is 4.90 Å². The predicted octanol–water partition coefficient (Wildman–Crippen LogP) is 1.29. The molecule has 1 atom stereocenters. The van der Waals surface area contributed by atoms with E-state index >= 15 is 0 Å². The lowest BCUT2D eigenvalue weighted by atomic mass is 10.2. The van der Waals surface area contributed by atoms with Crippen molar-refractivity contribution >= 4 is 30.7 Å². The van der Waals surface area contributed by atoms with Crippen molar-refractivity contribution in [3.05, 3.63) is 35.6 Å². The Morgan fingerprint density at radius 3 is 2.52 bits per heavy atom. The first-order chi connectivity index (χ1) is 10.1. The summed E-state index contributed by atoms with van der Waals surface area (Å²) in [4.78, 5) is 16.0. The lowest BCUT2D eigenvalue weighted by Gasteiger charge is -2.35. The van der Waals surface area contributed by atoms with Crippen molar-refractivity contribution in [2.24, 2.45) is 5.73 Å². The third-order valence-corrected chi connectivity index (χ3v) is 3.64. The number of nitrogens with two attached hydrogens (primary N) is 1. The molecule has 132 valence electrons. The number of rotatable bonds is 5. The molecular weight excluding hydrogens is 344 g/mol. The van der Waals surface area contributed by atoms with Gasteiger partial charge in [0.05, 0.1) is 6.61 Å². The summed E-state index contributed by atoms with van der Waals surface area (Å²) in [6.45, 7) is 3.76. The first kappa shape index (κ1) is 22.1. The first-order valence-corrected chi connectivity index (χ1v) is 7.10. The van der Waals surface area contributed by atoms with Crippen LogP contribution >= 0.6 is 24.8 Å². The van der Waals surface area contributed by atoms with Crippen molar-refractivity contribution in [1.29, 1.82) is 0 Å². The standard InChI is InChI=1S/C15H22FN3O2.2ClH/c1-21-11-14(17)15(20)19-7-5-18(6-8-19)10-12-3-2-4-13(16)9-12;;/h2-4,9,14H,5-8,10-11,17H2,1H3;2*1H/t14-;;/m1../s1. The molecule has 0 spiro atoms. The van der Waals surface area contributed by atoms with Gasteiger partial charge in [-0.25, -0.2) is 4.39 Å². The highest BCUT2D eigenvalue weighted by Crippen LogP contribution is 2.10. The molecule has 1 aromatic carbocycles. The van der Waals surface area contributed by atoms with Crippen LogP contribution in [-0.2, 0) is 16.1 Å². The topological polar surface area (TPSA) is 58.8 Å². The Morgan fingerprint density at radius 1 is 1.30 bits per heavy atom. The average molecular weight is 368 g/mol. The number of nitrogens with zero attached hydrogens (tertiary/aromatic N) is 2. The van der Waals surface area contributed by atoms with E-state index in [4.69, 9.17) is 10.5 Å². The van der Waals surface area contributed by atoms with Crippen LogP contribution in [0.2, 0.25) is 0 Å². The van der Waals surface area contributed by atoms with Gasteiger partial charge in [-0.1, -0.05) is 12.1 Å². The van der Waals surface area contributed by atoms with Gasteiger partial charge in [-0.15, -0.1) is 24.8 Å². The summed E-state index contributed by atoms with van der Waals surface area (Å²) < 4.78 is 18.1. The molecule has 1 amide bonds. The maximum Gasteiger partial charge on any atom is 0.241 e. The molecule has 0 aromatic heterocycles. The zero-order chi connectivity index (χ0) is 15.2. The molecule has 1 saturated heterocycles. The molecule has 1 aromatic rings. The highest BCUT2D eigenvalue weighted by atomic mass is 35.5. The number of piperazine rings is 1. The first-order valence-electron chi connectivity index (χ1n) is 7.10. The van der Waals surface area contributed by atoms with Crippen molar-refractivity contribution in [2.75, 3.05) is 39.9 Å². The van der Waals surface area contributed by atoms with E-state index in [0.717, 1.165) is 18.7 Å². The largest absolute Gasteiger partial charge is 0.383 e. The van der Waals surface area contributed by atoms with E-state index in [1.54, 1.807) is 17.0 Å². The van der Waals surface area contributed by atoms with Crippen molar-refractivity contribution in [2.45, 2.75) is 12.6 Å². The molecule has 0 bridgehead atoms. The number of hydrogen-bond acceptors (Lipinski definition) is 4. The maximum absolute atomic E-state index is 13.2. The van der Waals surface area contributed by atoms with Crippen LogP contribution < -0.4 is 5.73 Å². The number of halogens is 3. The van der Waals surface area contributed by atoms with Gasteiger partial charge in [0.25, 0.3) is 0 Å². The average Bonchev–Trinajstić information content (AvgIpc) is 2.47. The predicted molar refractivity (Wildman–Crippen MR) is 92.6 cm³/mol. The second-order valence-electron chi connectivity index (χ2n) is 5.29. The van der Waals surface area contributed by atoms with Crippen LogP contribution in [0.1, 0.15) is 5.56 Å². The Bertz CT molecular complexity index is 486. The summed E-state index contributed by atoms with van der Waals surface area (Å²) in [6, 6.07) is 6.02. The molecule has 1 aliphatic rings. The molecule has 0 aliphatic carbocycles. The third kappa shape index (κ3) is 6.61. The van der Waals surface area contributed by atoms with Gasteiger partial charge in [-0.2, -0.15) is 0 Å². The zero-order valence-electron chi connectivity index (χ0n) is 13.1. The quantitative estimate of drug-likeness (QED) is 0.851. The number of hydrogen-bond donors (Lipinski definition) is 1. The minimum Gasteiger partial charge on any atom is -0.383 e. The molecule has 2 rings (SSSR count). The van der Waals surface area contributed by atoms with Crippen molar-refractivity contribution in [1.82, 2.24) is 9.80 Å². The molecule has 0 saturated carbocycles. The van der Waals surface area contributed by atoms with E-state index < -0.39 is 6.04 Å². The molecule has 8 heteroatoms. The Kier molecular flexibility index (Phi) is 10.3. The van der Waals surface area contributed by atoms with Gasteiger partial charge in [0.1, 0.15) is 11.9 Å². The number of carbonyl (C=O) groups is 1. The molecule has 23 heavy (non-hydrogen) atoms. The molecule has 1 aliphatic heterocycles. The third-order valence-electron chi connectivity index (χ3n) is 3.64. The number of carbonyl (C=O) groups excluding carboxylic acids is 1. The number of amides is 1. The molecule has 2 N–H and O–H groups in total. The Morgan fingerprint density at radius 2 is 1.96 bits per heavy atom. The lowest BCUT2D eigenvalue weighted by Crippen LogP contribution is -2.53. The van der Waals surface area contributed by atoms with Gasteiger partial charge < -0.3 is 15.4 Å². The smallest absolute Gasteiger partial charge is 0.241 e. The van der Waals surface area contributed by atoms with Crippen LogP contribution in [0.5, 0.6) is 0 Å². The van der Waals surface area contributed by atoms with Crippen molar-refractivity contribution in [3.63, 3.8) is 0 Å². The number of ether oxygens (including phenoxy) is 1. The van der Waals surface area contributed by atoms with E-state index in [0.29, 0.717) is 19.6 Å². The maximum atomic E-state index is 13.2. The second-order valence-corrected chi connectivity index (χ2v) is 5.29. The molecule has 1 heterocycles. The summed E-state index contributed by atoms with van der Waals surface area (Å²) in [5, 5.41) is 0. The van der Waals surface area contributed by atoms with Gasteiger partial charge in [-0.05, 0) is 17.7 Å². The van der Waals surface area contributed by atoms with Crippen LogP contribution in [0, 0.1) is 5.82 Å². The SMILES string of the molecule is COC[C@@H](N)C(=O)N1CCN(Cc2cccc(F)c2)CC1.Cl.Cl. The van der Waals surface area contributed by atoms with Crippen LogP contribution in [-0.4, -0.2) is 61.6 Å². The molecule has 5 nitrogen and oxygen atoms in total.